The Morgan fingerprint density at radius 1 is 1.27 bits per heavy atom. The molecule has 0 atom stereocenters. The van der Waals surface area contributed by atoms with Crippen molar-refractivity contribution in [3.05, 3.63) is 0 Å². The number of sulfonamides is 1. The van der Waals surface area contributed by atoms with Crippen molar-refractivity contribution in [1.82, 2.24) is 4.31 Å². The predicted molar refractivity (Wildman–Crippen MR) is 60.1 cm³/mol. The SMILES string of the molecule is CCN(CCO)S(=O)(=O)C1CCCCC1. The number of hydrogen-bond donors (Lipinski definition) is 1. The van der Waals surface area contributed by atoms with Gasteiger partial charge in [-0.1, -0.05) is 26.2 Å². The molecule has 0 aromatic heterocycles. The van der Waals surface area contributed by atoms with Crippen LogP contribution in [-0.2, 0) is 10.0 Å². The lowest BCUT2D eigenvalue weighted by molar-refractivity contribution is 0.255. The van der Waals surface area contributed by atoms with Crippen LogP contribution in [0.4, 0.5) is 0 Å². The number of nitrogens with zero attached hydrogens (tertiary/aromatic N) is 1. The Morgan fingerprint density at radius 3 is 2.33 bits per heavy atom. The van der Waals surface area contributed by atoms with Crippen LogP contribution in [0.3, 0.4) is 0 Å². The second kappa shape index (κ2) is 5.82. The van der Waals surface area contributed by atoms with Crippen LogP contribution >= 0.6 is 0 Å². The van der Waals surface area contributed by atoms with E-state index in [1.165, 1.54) is 4.31 Å². The molecule has 0 radical (unpaired) electrons. The molecule has 1 saturated carbocycles. The molecule has 1 fully saturated rings. The van der Waals surface area contributed by atoms with Crippen LogP contribution in [-0.4, -0.2) is 42.8 Å². The summed E-state index contributed by atoms with van der Waals surface area (Å²) in [5.41, 5.74) is 0. The quantitative estimate of drug-likeness (QED) is 0.772. The molecule has 0 spiro atoms. The van der Waals surface area contributed by atoms with Gasteiger partial charge in [-0.05, 0) is 12.8 Å². The Hall–Kier alpha value is -0.130. The second-order valence-electron chi connectivity index (χ2n) is 4.02. The Bertz CT molecular complexity index is 260. The molecule has 1 aliphatic rings. The summed E-state index contributed by atoms with van der Waals surface area (Å²) in [5, 5.41) is 8.61. The molecule has 5 heteroatoms. The smallest absolute Gasteiger partial charge is 0.217 e. The lowest BCUT2D eigenvalue weighted by Crippen LogP contribution is -2.41. The monoisotopic (exact) mass is 235 g/mol. The maximum Gasteiger partial charge on any atom is 0.217 e. The highest BCUT2D eigenvalue weighted by Gasteiger charge is 2.31. The number of aliphatic hydroxyl groups is 1. The summed E-state index contributed by atoms with van der Waals surface area (Å²) in [6.45, 7) is 2.41. The second-order valence-corrected chi connectivity index (χ2v) is 6.23. The van der Waals surface area contributed by atoms with Crippen LogP contribution in [0.2, 0.25) is 0 Å². The van der Waals surface area contributed by atoms with Crippen molar-refractivity contribution in [1.29, 1.82) is 0 Å². The zero-order chi connectivity index (χ0) is 11.3. The molecule has 0 amide bonds. The van der Waals surface area contributed by atoms with Crippen molar-refractivity contribution in [2.45, 2.75) is 44.3 Å². The number of hydrogen-bond acceptors (Lipinski definition) is 3. The molecule has 0 aromatic carbocycles. The van der Waals surface area contributed by atoms with Gasteiger partial charge < -0.3 is 5.11 Å². The van der Waals surface area contributed by atoms with Crippen molar-refractivity contribution in [3.8, 4) is 0 Å². The highest BCUT2D eigenvalue weighted by molar-refractivity contribution is 7.89. The lowest BCUT2D eigenvalue weighted by Gasteiger charge is -2.28. The largest absolute Gasteiger partial charge is 0.395 e. The molecule has 0 heterocycles. The number of likely N-dealkylation sites (N-methyl/N-ethyl adjacent to an activating group) is 1. The van der Waals surface area contributed by atoms with Gasteiger partial charge in [-0.15, -0.1) is 0 Å². The molecule has 0 saturated heterocycles. The third-order valence-electron chi connectivity index (χ3n) is 3.04. The van der Waals surface area contributed by atoms with Gasteiger partial charge >= 0.3 is 0 Å². The molecule has 0 aliphatic heterocycles. The zero-order valence-corrected chi connectivity index (χ0v) is 10.2. The van der Waals surface area contributed by atoms with Crippen molar-refractivity contribution in [3.63, 3.8) is 0 Å². The molecule has 1 N–H and O–H groups in total. The van der Waals surface area contributed by atoms with Gasteiger partial charge in [0.05, 0.1) is 11.9 Å². The van der Waals surface area contributed by atoms with Crippen molar-refractivity contribution in [2.24, 2.45) is 0 Å². The van der Waals surface area contributed by atoms with Gasteiger partial charge in [-0.3, -0.25) is 0 Å². The summed E-state index contributed by atoms with van der Waals surface area (Å²) >= 11 is 0. The van der Waals surface area contributed by atoms with Gasteiger partial charge in [0.15, 0.2) is 0 Å². The highest BCUT2D eigenvalue weighted by Crippen LogP contribution is 2.25. The van der Waals surface area contributed by atoms with Crippen LogP contribution in [0, 0.1) is 0 Å². The fourth-order valence-corrected chi connectivity index (χ4v) is 4.20. The Balaban J connectivity index is 2.69. The van der Waals surface area contributed by atoms with Gasteiger partial charge in [0.2, 0.25) is 10.0 Å². The molecule has 4 nitrogen and oxygen atoms in total. The third-order valence-corrected chi connectivity index (χ3v) is 5.51. The van der Waals surface area contributed by atoms with Crippen LogP contribution in [0.5, 0.6) is 0 Å². The molecular formula is C10H21NO3S. The van der Waals surface area contributed by atoms with E-state index in [-0.39, 0.29) is 18.4 Å². The fourth-order valence-electron chi connectivity index (χ4n) is 2.15. The van der Waals surface area contributed by atoms with Crippen molar-refractivity contribution in [2.75, 3.05) is 19.7 Å². The number of rotatable bonds is 5. The van der Waals surface area contributed by atoms with Gasteiger partial charge in [0.1, 0.15) is 0 Å². The molecule has 90 valence electrons. The standard InChI is InChI=1S/C10H21NO3S/c1-2-11(8-9-12)15(13,14)10-6-4-3-5-7-10/h10,12H,2-9H2,1H3. The molecule has 1 rings (SSSR count). The molecule has 15 heavy (non-hydrogen) atoms. The average Bonchev–Trinajstić information content (AvgIpc) is 2.27. The van der Waals surface area contributed by atoms with Crippen LogP contribution in [0.1, 0.15) is 39.0 Å². The average molecular weight is 235 g/mol. The van der Waals surface area contributed by atoms with Crippen LogP contribution in [0.25, 0.3) is 0 Å². The summed E-state index contributed by atoms with van der Waals surface area (Å²) in [5.74, 6) is 0. The van der Waals surface area contributed by atoms with Crippen LogP contribution in [0.15, 0.2) is 0 Å². The summed E-state index contributed by atoms with van der Waals surface area (Å²) in [6, 6.07) is 0. The van der Waals surface area contributed by atoms with E-state index in [2.05, 4.69) is 0 Å². The molecule has 0 bridgehead atoms. The molecule has 0 aromatic rings. The van der Waals surface area contributed by atoms with Gasteiger partial charge in [-0.2, -0.15) is 4.31 Å². The summed E-state index contributed by atoms with van der Waals surface area (Å²) < 4.78 is 25.6. The van der Waals surface area contributed by atoms with E-state index in [4.69, 9.17) is 5.11 Å². The first kappa shape index (κ1) is 12.9. The van der Waals surface area contributed by atoms with E-state index in [9.17, 15) is 8.42 Å². The summed E-state index contributed by atoms with van der Waals surface area (Å²) in [4.78, 5) is 0. The zero-order valence-electron chi connectivity index (χ0n) is 9.35. The van der Waals surface area contributed by atoms with E-state index in [0.29, 0.717) is 6.54 Å². The minimum absolute atomic E-state index is 0.0974. The van der Waals surface area contributed by atoms with Crippen LogP contribution < -0.4 is 0 Å². The molecular weight excluding hydrogens is 214 g/mol. The first-order valence-electron chi connectivity index (χ1n) is 5.72. The predicted octanol–water partition coefficient (Wildman–Crippen LogP) is 0.963. The van der Waals surface area contributed by atoms with Gasteiger partial charge in [-0.25, -0.2) is 8.42 Å². The first-order chi connectivity index (χ1) is 7.12. The molecule has 0 unspecified atom stereocenters. The Labute approximate surface area is 92.3 Å². The lowest BCUT2D eigenvalue weighted by atomic mass is 10.0. The minimum Gasteiger partial charge on any atom is -0.395 e. The maximum absolute atomic E-state index is 12.1. The third kappa shape index (κ3) is 3.16. The first-order valence-corrected chi connectivity index (χ1v) is 7.23. The topological polar surface area (TPSA) is 57.6 Å². The normalized spacial score (nSPS) is 19.7. The molecule has 1 aliphatic carbocycles. The fraction of sp³-hybridized carbons (Fsp3) is 1.00. The highest BCUT2D eigenvalue weighted by atomic mass is 32.2. The van der Waals surface area contributed by atoms with Crippen molar-refractivity contribution < 1.29 is 13.5 Å². The van der Waals surface area contributed by atoms with E-state index in [1.54, 1.807) is 0 Å². The Kier molecular flexibility index (Phi) is 5.02. The Morgan fingerprint density at radius 2 is 1.87 bits per heavy atom. The summed E-state index contributed by atoms with van der Waals surface area (Å²) in [6.07, 6.45) is 4.74. The minimum atomic E-state index is -3.16. The van der Waals surface area contributed by atoms with E-state index >= 15 is 0 Å². The summed E-state index contributed by atoms with van der Waals surface area (Å²) in [7, 11) is -3.16. The van der Waals surface area contributed by atoms with Crippen molar-refractivity contribution >= 4 is 10.0 Å². The maximum atomic E-state index is 12.1. The van der Waals surface area contributed by atoms with E-state index in [0.717, 1.165) is 32.1 Å². The number of aliphatic hydroxyl groups excluding tert-OH is 1. The van der Waals surface area contributed by atoms with E-state index in [1.807, 2.05) is 6.92 Å². The van der Waals surface area contributed by atoms with E-state index < -0.39 is 10.0 Å². The van der Waals surface area contributed by atoms with Gasteiger partial charge in [0.25, 0.3) is 0 Å². The van der Waals surface area contributed by atoms with Gasteiger partial charge in [0, 0.05) is 13.1 Å².